The van der Waals surface area contributed by atoms with E-state index in [-0.39, 0.29) is 10.8 Å². The first-order chi connectivity index (χ1) is 8.72. The molecule has 0 spiro atoms. The van der Waals surface area contributed by atoms with E-state index in [2.05, 4.69) is 4.90 Å². The van der Waals surface area contributed by atoms with Crippen molar-refractivity contribution in [3.05, 3.63) is 34.6 Å². The van der Waals surface area contributed by atoms with Crippen molar-refractivity contribution in [3.63, 3.8) is 0 Å². The highest BCUT2D eigenvalue weighted by Gasteiger charge is 2.25. The van der Waals surface area contributed by atoms with Gasteiger partial charge in [-0.1, -0.05) is 30.2 Å². The van der Waals surface area contributed by atoms with E-state index in [0.29, 0.717) is 24.0 Å². The Balaban J connectivity index is 2.04. The Hall–Kier alpha value is -0.310. The van der Waals surface area contributed by atoms with Crippen LogP contribution in [-0.2, 0) is 6.54 Å². The van der Waals surface area contributed by atoms with Crippen molar-refractivity contribution in [2.24, 2.45) is 0 Å². The van der Waals surface area contributed by atoms with E-state index in [1.165, 1.54) is 19.3 Å². The summed E-state index contributed by atoms with van der Waals surface area (Å²) in [6.07, 6.45) is 4.65. The van der Waals surface area contributed by atoms with Gasteiger partial charge in [0.15, 0.2) is 0 Å². The molecule has 0 atom stereocenters. The molecule has 1 saturated carbocycles. The van der Waals surface area contributed by atoms with Crippen molar-refractivity contribution >= 4 is 23.2 Å². The molecule has 0 bridgehead atoms. The van der Waals surface area contributed by atoms with Crippen LogP contribution in [0.5, 0.6) is 0 Å². The third kappa shape index (κ3) is 3.37. The van der Waals surface area contributed by atoms with Gasteiger partial charge in [0.05, 0.1) is 5.02 Å². The molecular formula is C14H18Cl2FN. The zero-order valence-electron chi connectivity index (χ0n) is 10.3. The van der Waals surface area contributed by atoms with Gasteiger partial charge in [0.1, 0.15) is 5.82 Å². The number of halogens is 3. The van der Waals surface area contributed by atoms with E-state index < -0.39 is 0 Å². The SMILES string of the molecule is Fc1c(Cl)cccc1CN(CCCCl)C1CCC1. The summed E-state index contributed by atoms with van der Waals surface area (Å²) in [4.78, 5) is 2.33. The van der Waals surface area contributed by atoms with E-state index in [0.717, 1.165) is 13.0 Å². The molecule has 2 rings (SSSR count). The highest BCUT2D eigenvalue weighted by molar-refractivity contribution is 6.30. The summed E-state index contributed by atoms with van der Waals surface area (Å²) in [7, 11) is 0. The molecule has 1 aromatic rings. The maximum Gasteiger partial charge on any atom is 0.146 e. The second-order valence-corrected chi connectivity index (χ2v) is 5.60. The Morgan fingerprint density at radius 2 is 2.11 bits per heavy atom. The topological polar surface area (TPSA) is 3.24 Å². The lowest BCUT2D eigenvalue weighted by Crippen LogP contribution is -2.40. The third-order valence-electron chi connectivity index (χ3n) is 3.58. The normalized spacial score (nSPS) is 16.0. The predicted molar refractivity (Wildman–Crippen MR) is 74.8 cm³/mol. The largest absolute Gasteiger partial charge is 0.296 e. The Morgan fingerprint density at radius 3 is 2.72 bits per heavy atom. The van der Waals surface area contributed by atoms with Crippen molar-refractivity contribution in [1.82, 2.24) is 4.90 Å². The second kappa shape index (κ2) is 6.74. The Morgan fingerprint density at radius 1 is 1.33 bits per heavy atom. The van der Waals surface area contributed by atoms with Gasteiger partial charge in [-0.05, 0) is 31.9 Å². The maximum atomic E-state index is 13.9. The molecule has 4 heteroatoms. The molecule has 1 aromatic carbocycles. The Kier molecular flexibility index (Phi) is 5.28. The number of alkyl halides is 1. The number of hydrogen-bond donors (Lipinski definition) is 0. The average molecular weight is 290 g/mol. The van der Waals surface area contributed by atoms with Crippen LogP contribution in [0.25, 0.3) is 0 Å². The van der Waals surface area contributed by atoms with Gasteiger partial charge in [-0.25, -0.2) is 4.39 Å². The molecule has 18 heavy (non-hydrogen) atoms. The summed E-state index contributed by atoms with van der Waals surface area (Å²) in [5.74, 6) is 0.371. The first-order valence-electron chi connectivity index (χ1n) is 6.45. The van der Waals surface area contributed by atoms with Gasteiger partial charge in [0.25, 0.3) is 0 Å². The van der Waals surface area contributed by atoms with Crippen LogP contribution in [0.3, 0.4) is 0 Å². The monoisotopic (exact) mass is 289 g/mol. The van der Waals surface area contributed by atoms with Gasteiger partial charge in [0.2, 0.25) is 0 Å². The molecule has 0 saturated heterocycles. The minimum Gasteiger partial charge on any atom is -0.296 e. The highest BCUT2D eigenvalue weighted by Crippen LogP contribution is 2.28. The summed E-state index contributed by atoms with van der Waals surface area (Å²) in [6.45, 7) is 1.56. The number of benzene rings is 1. The van der Waals surface area contributed by atoms with Crippen LogP contribution in [0.15, 0.2) is 18.2 Å². The number of nitrogens with zero attached hydrogens (tertiary/aromatic N) is 1. The molecule has 1 aliphatic rings. The summed E-state index contributed by atoms with van der Waals surface area (Å²) in [5.41, 5.74) is 0.684. The van der Waals surface area contributed by atoms with Crippen LogP contribution < -0.4 is 0 Å². The van der Waals surface area contributed by atoms with E-state index in [1.807, 2.05) is 6.07 Å². The van der Waals surface area contributed by atoms with E-state index in [9.17, 15) is 4.39 Å². The van der Waals surface area contributed by atoms with Gasteiger partial charge >= 0.3 is 0 Å². The molecule has 1 nitrogen and oxygen atoms in total. The average Bonchev–Trinajstić information content (AvgIpc) is 2.29. The number of hydrogen-bond acceptors (Lipinski definition) is 1. The van der Waals surface area contributed by atoms with Gasteiger partial charge in [-0.3, -0.25) is 4.90 Å². The third-order valence-corrected chi connectivity index (χ3v) is 4.13. The lowest BCUT2D eigenvalue weighted by Gasteiger charge is -2.37. The van der Waals surface area contributed by atoms with Gasteiger partial charge < -0.3 is 0 Å². The van der Waals surface area contributed by atoms with Crippen molar-refractivity contribution in [3.8, 4) is 0 Å². The van der Waals surface area contributed by atoms with Gasteiger partial charge in [0, 0.05) is 24.0 Å². The fraction of sp³-hybridized carbons (Fsp3) is 0.571. The smallest absolute Gasteiger partial charge is 0.146 e. The molecule has 1 aliphatic carbocycles. The van der Waals surface area contributed by atoms with E-state index >= 15 is 0 Å². The van der Waals surface area contributed by atoms with Crippen molar-refractivity contribution < 1.29 is 4.39 Å². The first-order valence-corrected chi connectivity index (χ1v) is 7.36. The maximum absolute atomic E-state index is 13.9. The molecule has 100 valence electrons. The summed E-state index contributed by atoms with van der Waals surface area (Å²) < 4.78 is 13.9. The van der Waals surface area contributed by atoms with Gasteiger partial charge in [-0.2, -0.15) is 0 Å². The minimum absolute atomic E-state index is 0.207. The lowest BCUT2D eigenvalue weighted by atomic mass is 9.91. The number of rotatable bonds is 6. The summed E-state index contributed by atoms with van der Waals surface area (Å²) >= 11 is 11.6. The standard InChI is InChI=1S/C14H18Cl2FN/c15-8-3-9-18(12-5-2-6-12)10-11-4-1-7-13(16)14(11)17/h1,4,7,12H,2-3,5-6,8-10H2. The Labute approximate surface area is 118 Å². The molecule has 0 N–H and O–H groups in total. The molecule has 0 radical (unpaired) electrons. The molecule has 0 aliphatic heterocycles. The fourth-order valence-corrected chi connectivity index (χ4v) is 2.61. The lowest BCUT2D eigenvalue weighted by molar-refractivity contribution is 0.118. The fourth-order valence-electron chi connectivity index (χ4n) is 2.29. The second-order valence-electron chi connectivity index (χ2n) is 4.81. The summed E-state index contributed by atoms with van der Waals surface area (Å²) in [5, 5.41) is 0.207. The zero-order valence-corrected chi connectivity index (χ0v) is 11.9. The first kappa shape index (κ1) is 14.1. The molecule has 0 amide bonds. The van der Waals surface area contributed by atoms with Crippen LogP contribution in [0.4, 0.5) is 4.39 Å². The van der Waals surface area contributed by atoms with Gasteiger partial charge in [-0.15, -0.1) is 11.6 Å². The molecule has 0 heterocycles. The minimum atomic E-state index is -0.283. The van der Waals surface area contributed by atoms with Crippen LogP contribution in [0, 0.1) is 5.82 Å². The van der Waals surface area contributed by atoms with Crippen LogP contribution in [0.1, 0.15) is 31.2 Å². The van der Waals surface area contributed by atoms with Crippen molar-refractivity contribution in [2.45, 2.75) is 38.3 Å². The molecule has 1 fully saturated rings. The molecule has 0 aromatic heterocycles. The van der Waals surface area contributed by atoms with Crippen molar-refractivity contribution in [2.75, 3.05) is 12.4 Å². The molecular weight excluding hydrogens is 272 g/mol. The van der Waals surface area contributed by atoms with Crippen molar-refractivity contribution in [1.29, 1.82) is 0 Å². The summed E-state index contributed by atoms with van der Waals surface area (Å²) in [6, 6.07) is 5.80. The quantitative estimate of drug-likeness (QED) is 0.699. The highest BCUT2D eigenvalue weighted by atomic mass is 35.5. The van der Waals surface area contributed by atoms with E-state index in [4.69, 9.17) is 23.2 Å². The zero-order chi connectivity index (χ0) is 13.0. The van der Waals surface area contributed by atoms with E-state index in [1.54, 1.807) is 12.1 Å². The van der Waals surface area contributed by atoms with Crippen LogP contribution >= 0.6 is 23.2 Å². The predicted octanol–water partition coefficient (Wildman–Crippen LogP) is 4.46. The Bertz CT molecular complexity index is 393. The van der Waals surface area contributed by atoms with Crippen LogP contribution in [-0.4, -0.2) is 23.4 Å². The molecule has 0 unspecified atom stereocenters. The van der Waals surface area contributed by atoms with Crippen LogP contribution in [0.2, 0.25) is 5.02 Å².